The van der Waals surface area contributed by atoms with Crippen LogP contribution in [0.2, 0.25) is 0 Å². The van der Waals surface area contributed by atoms with Crippen LogP contribution in [0.4, 0.5) is 0 Å². The lowest BCUT2D eigenvalue weighted by atomic mass is 10.1. The van der Waals surface area contributed by atoms with Crippen molar-refractivity contribution in [3.8, 4) is 0 Å². The van der Waals surface area contributed by atoms with Crippen molar-refractivity contribution in [2.24, 2.45) is 0 Å². The van der Waals surface area contributed by atoms with E-state index >= 15 is 0 Å². The lowest BCUT2D eigenvalue weighted by molar-refractivity contribution is 0.624. The van der Waals surface area contributed by atoms with Crippen LogP contribution in [0.5, 0.6) is 0 Å². The van der Waals surface area contributed by atoms with Gasteiger partial charge in [0.1, 0.15) is 0 Å². The van der Waals surface area contributed by atoms with Gasteiger partial charge in [0, 0.05) is 7.26 Å². The van der Waals surface area contributed by atoms with Crippen molar-refractivity contribution in [3.05, 3.63) is 0 Å². The van der Waals surface area contributed by atoms with Gasteiger partial charge in [-0.25, -0.2) is 0 Å². The first-order valence-corrected chi connectivity index (χ1v) is 12.6. The van der Waals surface area contributed by atoms with Crippen LogP contribution in [0, 0.1) is 0 Å². The molecule has 0 aromatic heterocycles. The molecule has 0 spiro atoms. The molecule has 0 amide bonds. The summed E-state index contributed by atoms with van der Waals surface area (Å²) in [6, 6.07) is 0. The van der Waals surface area contributed by atoms with Crippen molar-refractivity contribution < 1.29 is 0 Å². The van der Waals surface area contributed by atoms with Crippen LogP contribution < -0.4 is 0 Å². The molecular formula is C20H44P+. The van der Waals surface area contributed by atoms with E-state index in [1.807, 2.05) is 0 Å². The highest BCUT2D eigenvalue weighted by molar-refractivity contribution is 7.75. The molecule has 0 saturated carbocycles. The molecule has 0 nitrogen and oxygen atoms in total. The molecule has 0 aliphatic rings. The van der Waals surface area contributed by atoms with Gasteiger partial charge < -0.3 is 0 Å². The Morgan fingerprint density at radius 1 is 0.381 bits per heavy atom. The molecule has 21 heavy (non-hydrogen) atoms. The SMILES string of the molecule is CCCCCCCC[P+](CCC)(CCCC)CCCCC. The Morgan fingerprint density at radius 2 is 0.810 bits per heavy atom. The van der Waals surface area contributed by atoms with E-state index in [1.165, 1.54) is 77.0 Å². The molecule has 0 aromatic rings. The van der Waals surface area contributed by atoms with Crippen LogP contribution in [0.25, 0.3) is 0 Å². The predicted octanol–water partition coefficient (Wildman–Crippen LogP) is 7.76. The van der Waals surface area contributed by atoms with Gasteiger partial charge >= 0.3 is 0 Å². The van der Waals surface area contributed by atoms with Crippen LogP contribution in [0.1, 0.15) is 105 Å². The molecule has 0 aliphatic carbocycles. The molecule has 0 heterocycles. The van der Waals surface area contributed by atoms with Crippen molar-refractivity contribution in [1.82, 2.24) is 0 Å². The molecule has 1 unspecified atom stereocenters. The lowest BCUT2D eigenvalue weighted by Crippen LogP contribution is -2.12. The van der Waals surface area contributed by atoms with E-state index < -0.39 is 7.26 Å². The average Bonchev–Trinajstić information content (AvgIpc) is 2.49. The van der Waals surface area contributed by atoms with Gasteiger partial charge in [-0.05, 0) is 32.1 Å². The minimum atomic E-state index is -0.598. The predicted molar refractivity (Wildman–Crippen MR) is 104 cm³/mol. The van der Waals surface area contributed by atoms with E-state index in [2.05, 4.69) is 27.7 Å². The molecular weight excluding hydrogens is 271 g/mol. The summed E-state index contributed by atoms with van der Waals surface area (Å²) in [6.07, 6.45) is 23.9. The third kappa shape index (κ3) is 11.6. The van der Waals surface area contributed by atoms with Crippen LogP contribution in [-0.2, 0) is 0 Å². The molecule has 0 fully saturated rings. The molecule has 0 aromatic carbocycles. The zero-order chi connectivity index (χ0) is 15.8. The van der Waals surface area contributed by atoms with E-state index in [-0.39, 0.29) is 0 Å². The highest BCUT2D eigenvalue weighted by Crippen LogP contribution is 2.61. The van der Waals surface area contributed by atoms with Gasteiger partial charge in [0.05, 0.1) is 24.6 Å². The molecule has 0 N–H and O–H groups in total. The van der Waals surface area contributed by atoms with Crippen molar-refractivity contribution in [3.63, 3.8) is 0 Å². The summed E-state index contributed by atoms with van der Waals surface area (Å²) in [5.74, 6) is 0. The number of hydrogen-bond donors (Lipinski definition) is 0. The van der Waals surface area contributed by atoms with Gasteiger partial charge in [-0.15, -0.1) is 0 Å². The molecule has 128 valence electrons. The zero-order valence-corrected chi connectivity index (χ0v) is 16.7. The van der Waals surface area contributed by atoms with E-state index in [0.29, 0.717) is 0 Å². The molecule has 0 radical (unpaired) electrons. The summed E-state index contributed by atoms with van der Waals surface area (Å²) in [5, 5.41) is 0. The van der Waals surface area contributed by atoms with Crippen molar-refractivity contribution in [1.29, 1.82) is 0 Å². The summed E-state index contributed by atoms with van der Waals surface area (Å²) in [6.45, 7) is 9.45. The largest absolute Gasteiger partial charge is 0.0654 e. The lowest BCUT2D eigenvalue weighted by Gasteiger charge is -2.28. The second-order valence-corrected chi connectivity index (χ2v) is 11.5. The normalized spacial score (nSPS) is 14.3. The maximum absolute atomic E-state index is 2.42. The van der Waals surface area contributed by atoms with Gasteiger partial charge in [-0.2, -0.15) is 0 Å². The fourth-order valence-electron chi connectivity index (χ4n) is 3.56. The summed E-state index contributed by atoms with van der Waals surface area (Å²) >= 11 is 0. The van der Waals surface area contributed by atoms with Gasteiger partial charge in [0.2, 0.25) is 0 Å². The van der Waals surface area contributed by atoms with Gasteiger partial charge in [0.15, 0.2) is 0 Å². The number of unbranched alkanes of at least 4 members (excludes halogenated alkanes) is 8. The highest BCUT2D eigenvalue weighted by atomic mass is 31.2. The molecule has 1 heteroatoms. The van der Waals surface area contributed by atoms with Crippen LogP contribution >= 0.6 is 7.26 Å². The Bertz CT molecular complexity index is 202. The van der Waals surface area contributed by atoms with Crippen molar-refractivity contribution in [2.45, 2.75) is 105 Å². The summed E-state index contributed by atoms with van der Waals surface area (Å²) in [7, 11) is -0.598. The minimum absolute atomic E-state index is 0.598. The van der Waals surface area contributed by atoms with E-state index in [9.17, 15) is 0 Å². The zero-order valence-electron chi connectivity index (χ0n) is 15.8. The smallest absolute Gasteiger partial charge is 0.0594 e. The fourth-order valence-corrected chi connectivity index (χ4v) is 8.63. The molecule has 1 atom stereocenters. The number of hydrogen-bond acceptors (Lipinski definition) is 0. The quantitative estimate of drug-likeness (QED) is 0.201. The first-order valence-electron chi connectivity index (χ1n) is 10.1. The monoisotopic (exact) mass is 315 g/mol. The van der Waals surface area contributed by atoms with Gasteiger partial charge in [-0.1, -0.05) is 72.6 Å². The average molecular weight is 316 g/mol. The van der Waals surface area contributed by atoms with E-state index in [0.717, 1.165) is 0 Å². The molecule has 0 aliphatic heterocycles. The fraction of sp³-hybridized carbons (Fsp3) is 1.00. The first-order chi connectivity index (χ1) is 10.2. The van der Waals surface area contributed by atoms with Crippen molar-refractivity contribution in [2.75, 3.05) is 24.6 Å². The number of rotatable bonds is 16. The van der Waals surface area contributed by atoms with Gasteiger partial charge in [-0.3, -0.25) is 0 Å². The third-order valence-corrected chi connectivity index (χ3v) is 10.1. The maximum Gasteiger partial charge on any atom is 0.0594 e. The molecule has 0 bridgehead atoms. The molecule has 0 saturated heterocycles. The Kier molecular flexibility index (Phi) is 15.6. The van der Waals surface area contributed by atoms with Crippen LogP contribution in [0.3, 0.4) is 0 Å². The van der Waals surface area contributed by atoms with E-state index in [1.54, 1.807) is 24.6 Å². The van der Waals surface area contributed by atoms with E-state index in [4.69, 9.17) is 0 Å². The maximum atomic E-state index is 2.42. The summed E-state index contributed by atoms with van der Waals surface area (Å²) < 4.78 is 0. The van der Waals surface area contributed by atoms with Crippen molar-refractivity contribution >= 4 is 7.26 Å². The standard InChI is InChI=1S/C20H44P/c1-5-9-12-13-14-16-20-21(17-8-4,18-11-7-3)19-15-10-6-2/h5-20H2,1-4H3/q+1. The second kappa shape index (κ2) is 15.3. The molecule has 0 rings (SSSR count). The second-order valence-electron chi connectivity index (χ2n) is 7.06. The Balaban J connectivity index is 4.23. The van der Waals surface area contributed by atoms with Gasteiger partial charge in [0.25, 0.3) is 0 Å². The third-order valence-electron chi connectivity index (χ3n) is 4.91. The Morgan fingerprint density at radius 3 is 1.38 bits per heavy atom. The Labute approximate surface area is 137 Å². The highest BCUT2D eigenvalue weighted by Gasteiger charge is 2.34. The van der Waals surface area contributed by atoms with Crippen LogP contribution in [0.15, 0.2) is 0 Å². The summed E-state index contributed by atoms with van der Waals surface area (Å²) in [4.78, 5) is 0. The topological polar surface area (TPSA) is 0 Å². The first kappa shape index (κ1) is 21.4. The Hall–Kier alpha value is 0.430. The summed E-state index contributed by atoms with van der Waals surface area (Å²) in [5.41, 5.74) is 0. The minimum Gasteiger partial charge on any atom is -0.0654 e. The van der Waals surface area contributed by atoms with Crippen LogP contribution in [-0.4, -0.2) is 24.6 Å².